The summed E-state index contributed by atoms with van der Waals surface area (Å²) in [5.41, 5.74) is 2.04. The van der Waals surface area contributed by atoms with Gasteiger partial charge in [-0.05, 0) is 42.7 Å². The number of benzene rings is 1. The van der Waals surface area contributed by atoms with Gasteiger partial charge in [-0.3, -0.25) is 9.69 Å². The van der Waals surface area contributed by atoms with E-state index in [1.54, 1.807) is 12.1 Å². The molecule has 2 saturated heterocycles. The Morgan fingerprint density at radius 3 is 2.59 bits per heavy atom. The molecule has 7 heteroatoms. The van der Waals surface area contributed by atoms with Crippen LogP contribution in [0.1, 0.15) is 21.7 Å². The Kier molecular flexibility index (Phi) is 6.52. The second-order valence-corrected chi connectivity index (χ2v) is 8.16. The van der Waals surface area contributed by atoms with Gasteiger partial charge < -0.3 is 10.2 Å². The molecule has 146 valence electrons. The number of nitrogens with zero attached hydrogens (tertiary/aromatic N) is 2. The maximum Gasteiger partial charge on any atom is 0.264 e. The number of thiophene rings is 1. The first-order valence-corrected chi connectivity index (χ1v) is 10.0. The van der Waals surface area contributed by atoms with Gasteiger partial charge in [0.15, 0.2) is 0 Å². The van der Waals surface area contributed by atoms with Crippen molar-refractivity contribution in [3.8, 4) is 10.4 Å². The Labute approximate surface area is 169 Å². The molecule has 27 heavy (non-hydrogen) atoms. The van der Waals surface area contributed by atoms with Gasteiger partial charge in [0, 0.05) is 50.2 Å². The molecule has 1 amide bonds. The van der Waals surface area contributed by atoms with Gasteiger partial charge >= 0.3 is 0 Å². The van der Waals surface area contributed by atoms with Crippen LogP contribution < -0.4 is 5.32 Å². The minimum Gasteiger partial charge on any atom is -0.336 e. The summed E-state index contributed by atoms with van der Waals surface area (Å²) in [7, 11) is 0. The van der Waals surface area contributed by atoms with Crippen molar-refractivity contribution in [2.75, 3.05) is 39.3 Å². The number of hydrogen-bond donors (Lipinski definition) is 1. The number of carbonyl (C=O) groups excluding carboxylic acids is 1. The summed E-state index contributed by atoms with van der Waals surface area (Å²) < 4.78 is 13.2. The first kappa shape index (κ1) is 20.3. The smallest absolute Gasteiger partial charge is 0.264 e. The highest BCUT2D eigenvalue weighted by Crippen LogP contribution is 2.33. The SMILES string of the molecule is Cc1cc(C(=O)N2CCC(N3CCNCC3)C2)sc1-c1ccc(F)cc1.Cl. The molecule has 2 aliphatic rings. The average Bonchev–Trinajstić information content (AvgIpc) is 3.30. The van der Waals surface area contributed by atoms with Crippen LogP contribution in [-0.2, 0) is 0 Å². The van der Waals surface area contributed by atoms with E-state index in [1.165, 1.54) is 23.5 Å². The Morgan fingerprint density at radius 1 is 1.19 bits per heavy atom. The molecular weight excluding hydrogens is 385 g/mol. The van der Waals surface area contributed by atoms with Crippen molar-refractivity contribution in [2.45, 2.75) is 19.4 Å². The molecule has 2 fully saturated rings. The van der Waals surface area contributed by atoms with E-state index in [0.29, 0.717) is 6.04 Å². The van der Waals surface area contributed by atoms with Gasteiger partial charge in [0.2, 0.25) is 0 Å². The maximum absolute atomic E-state index is 13.2. The number of piperazine rings is 1. The lowest BCUT2D eigenvalue weighted by Crippen LogP contribution is -2.49. The normalized spacial score (nSPS) is 20.5. The monoisotopic (exact) mass is 409 g/mol. The third-order valence-corrected chi connectivity index (χ3v) is 6.63. The van der Waals surface area contributed by atoms with Gasteiger partial charge in [-0.2, -0.15) is 0 Å². The van der Waals surface area contributed by atoms with Crippen LogP contribution in [0, 0.1) is 12.7 Å². The van der Waals surface area contributed by atoms with Crippen molar-refractivity contribution in [1.82, 2.24) is 15.1 Å². The predicted molar refractivity (Wildman–Crippen MR) is 110 cm³/mol. The highest BCUT2D eigenvalue weighted by molar-refractivity contribution is 7.17. The largest absolute Gasteiger partial charge is 0.336 e. The summed E-state index contributed by atoms with van der Waals surface area (Å²) in [5.74, 6) is -0.112. The van der Waals surface area contributed by atoms with Crippen LogP contribution >= 0.6 is 23.7 Å². The zero-order valence-electron chi connectivity index (χ0n) is 15.4. The molecular formula is C20H25ClFN3OS. The van der Waals surface area contributed by atoms with Crippen molar-refractivity contribution >= 4 is 29.7 Å². The van der Waals surface area contributed by atoms with E-state index in [9.17, 15) is 9.18 Å². The molecule has 1 atom stereocenters. The topological polar surface area (TPSA) is 35.6 Å². The first-order chi connectivity index (χ1) is 12.6. The fraction of sp³-hybridized carbons (Fsp3) is 0.450. The molecule has 4 nitrogen and oxygen atoms in total. The average molecular weight is 410 g/mol. The van der Waals surface area contributed by atoms with Gasteiger partial charge in [0.25, 0.3) is 5.91 Å². The fourth-order valence-electron chi connectivity index (χ4n) is 3.90. The Morgan fingerprint density at radius 2 is 1.89 bits per heavy atom. The van der Waals surface area contributed by atoms with Crippen LogP contribution in [0.5, 0.6) is 0 Å². The summed E-state index contributed by atoms with van der Waals surface area (Å²) in [6.07, 6.45) is 1.06. The summed E-state index contributed by atoms with van der Waals surface area (Å²) in [5, 5.41) is 3.38. The summed E-state index contributed by atoms with van der Waals surface area (Å²) >= 11 is 1.51. The zero-order chi connectivity index (χ0) is 18.1. The van der Waals surface area contributed by atoms with E-state index < -0.39 is 0 Å². The molecule has 2 aromatic rings. The summed E-state index contributed by atoms with van der Waals surface area (Å²) in [6, 6.07) is 8.95. The van der Waals surface area contributed by atoms with E-state index >= 15 is 0 Å². The standard InChI is InChI=1S/C20H24FN3OS.ClH/c1-14-12-18(26-19(14)15-2-4-16(21)5-3-15)20(25)24-9-6-17(13-24)23-10-7-22-8-11-23;/h2-5,12,17,22H,6-11,13H2,1H3;1H. The van der Waals surface area contributed by atoms with Crippen LogP contribution in [0.4, 0.5) is 4.39 Å². The van der Waals surface area contributed by atoms with Crippen molar-refractivity contribution in [3.05, 3.63) is 46.6 Å². The van der Waals surface area contributed by atoms with Crippen LogP contribution in [0.15, 0.2) is 30.3 Å². The highest BCUT2D eigenvalue weighted by atomic mass is 35.5. The highest BCUT2D eigenvalue weighted by Gasteiger charge is 2.32. The van der Waals surface area contributed by atoms with Crippen LogP contribution in [0.25, 0.3) is 10.4 Å². The van der Waals surface area contributed by atoms with Crippen molar-refractivity contribution < 1.29 is 9.18 Å². The van der Waals surface area contributed by atoms with E-state index in [4.69, 9.17) is 0 Å². The van der Waals surface area contributed by atoms with E-state index in [2.05, 4.69) is 10.2 Å². The molecule has 0 bridgehead atoms. The summed E-state index contributed by atoms with van der Waals surface area (Å²) in [6.45, 7) is 7.88. The number of rotatable bonds is 3. The molecule has 0 aliphatic carbocycles. The van der Waals surface area contributed by atoms with Gasteiger partial charge in [0.1, 0.15) is 5.82 Å². The lowest BCUT2D eigenvalue weighted by molar-refractivity contribution is 0.0778. The van der Waals surface area contributed by atoms with E-state index in [0.717, 1.165) is 66.6 Å². The van der Waals surface area contributed by atoms with Gasteiger partial charge in [-0.25, -0.2) is 4.39 Å². The molecule has 0 radical (unpaired) electrons. The molecule has 1 aromatic heterocycles. The molecule has 1 N–H and O–H groups in total. The number of aryl methyl sites for hydroxylation is 1. The lowest BCUT2D eigenvalue weighted by Gasteiger charge is -2.32. The lowest BCUT2D eigenvalue weighted by atomic mass is 10.1. The minimum absolute atomic E-state index is 0. The Bertz CT molecular complexity index is 789. The van der Waals surface area contributed by atoms with Crippen LogP contribution in [0.3, 0.4) is 0 Å². The minimum atomic E-state index is -0.240. The van der Waals surface area contributed by atoms with E-state index in [1.807, 2.05) is 17.9 Å². The summed E-state index contributed by atoms with van der Waals surface area (Å²) in [4.78, 5) is 19.3. The Hall–Kier alpha value is -1.47. The van der Waals surface area contributed by atoms with Crippen molar-refractivity contribution in [2.24, 2.45) is 0 Å². The first-order valence-electron chi connectivity index (χ1n) is 9.22. The molecule has 4 rings (SSSR count). The van der Waals surface area contributed by atoms with E-state index in [-0.39, 0.29) is 24.1 Å². The second kappa shape index (κ2) is 8.69. The number of carbonyl (C=O) groups is 1. The second-order valence-electron chi connectivity index (χ2n) is 7.11. The van der Waals surface area contributed by atoms with Gasteiger partial charge in [0.05, 0.1) is 4.88 Å². The molecule has 0 saturated carbocycles. The number of halogens is 2. The molecule has 1 aromatic carbocycles. The molecule has 1 unspecified atom stereocenters. The number of likely N-dealkylation sites (tertiary alicyclic amines) is 1. The molecule has 0 spiro atoms. The predicted octanol–water partition coefficient (Wildman–Crippen LogP) is 3.40. The third-order valence-electron chi connectivity index (χ3n) is 5.35. The van der Waals surface area contributed by atoms with Crippen LogP contribution in [0.2, 0.25) is 0 Å². The fourth-order valence-corrected chi connectivity index (χ4v) is 5.05. The quantitative estimate of drug-likeness (QED) is 0.843. The number of nitrogens with one attached hydrogen (secondary N) is 1. The Balaban J connectivity index is 0.00000210. The molecule has 2 aliphatic heterocycles. The van der Waals surface area contributed by atoms with Crippen molar-refractivity contribution in [1.29, 1.82) is 0 Å². The number of amides is 1. The van der Waals surface area contributed by atoms with Crippen LogP contribution in [-0.4, -0.2) is 61.0 Å². The maximum atomic E-state index is 13.2. The van der Waals surface area contributed by atoms with Crippen molar-refractivity contribution in [3.63, 3.8) is 0 Å². The zero-order valence-corrected chi connectivity index (χ0v) is 17.0. The third kappa shape index (κ3) is 4.35. The number of hydrogen-bond acceptors (Lipinski definition) is 4. The molecule has 3 heterocycles. The van der Waals surface area contributed by atoms with Gasteiger partial charge in [-0.1, -0.05) is 12.1 Å². The van der Waals surface area contributed by atoms with Gasteiger partial charge in [-0.15, -0.1) is 23.7 Å².